The average Bonchev–Trinajstić information content (AvgIpc) is 3.33. The fourth-order valence-corrected chi connectivity index (χ4v) is 4.86. The van der Waals surface area contributed by atoms with Gasteiger partial charge in [0.25, 0.3) is 0 Å². The normalized spacial score (nSPS) is 13.9. The molecule has 0 saturated carbocycles. The van der Waals surface area contributed by atoms with E-state index in [2.05, 4.69) is 91.0 Å². The molecule has 0 heterocycles. The van der Waals surface area contributed by atoms with Gasteiger partial charge >= 0.3 is 0 Å². The minimum absolute atomic E-state index is 0.878. The van der Waals surface area contributed by atoms with Gasteiger partial charge in [0.1, 0.15) is 5.75 Å². The Labute approximate surface area is 176 Å². The number of hydrogen-bond acceptors (Lipinski definition) is 1. The molecule has 6 rings (SSSR count). The van der Waals surface area contributed by atoms with Gasteiger partial charge in [0, 0.05) is 0 Å². The lowest BCUT2D eigenvalue weighted by molar-refractivity contribution is 0.415. The molecule has 0 unspecified atom stereocenters. The molecular formula is C29H20O. The summed E-state index contributed by atoms with van der Waals surface area (Å²) in [5, 5.41) is 0. The van der Waals surface area contributed by atoms with E-state index in [1.165, 1.54) is 55.7 Å². The van der Waals surface area contributed by atoms with Crippen LogP contribution in [0.5, 0.6) is 5.75 Å². The van der Waals surface area contributed by atoms with Crippen LogP contribution in [0.25, 0.3) is 22.3 Å². The predicted molar refractivity (Wildman–Crippen MR) is 124 cm³/mol. The number of fused-ring (bicyclic) bond motifs is 5. The quantitative estimate of drug-likeness (QED) is 0.372. The lowest BCUT2D eigenvalue weighted by atomic mass is 9.92. The van der Waals surface area contributed by atoms with Crippen LogP contribution in [-0.2, 0) is 0 Å². The van der Waals surface area contributed by atoms with Crippen molar-refractivity contribution < 1.29 is 4.74 Å². The zero-order valence-electron chi connectivity index (χ0n) is 16.7. The summed E-state index contributed by atoms with van der Waals surface area (Å²) in [5.41, 5.74) is 13.1. The van der Waals surface area contributed by atoms with Crippen molar-refractivity contribution in [2.75, 3.05) is 7.11 Å². The molecule has 4 aromatic rings. The van der Waals surface area contributed by atoms with E-state index >= 15 is 0 Å². The van der Waals surface area contributed by atoms with Crippen LogP contribution in [0.3, 0.4) is 0 Å². The summed E-state index contributed by atoms with van der Waals surface area (Å²) >= 11 is 0. The molecule has 142 valence electrons. The summed E-state index contributed by atoms with van der Waals surface area (Å²) in [6.07, 6.45) is 0. The second-order valence-corrected chi connectivity index (χ2v) is 7.69. The van der Waals surface area contributed by atoms with E-state index in [-0.39, 0.29) is 0 Å². The van der Waals surface area contributed by atoms with E-state index in [0.29, 0.717) is 0 Å². The van der Waals surface area contributed by atoms with Crippen LogP contribution >= 0.6 is 0 Å². The highest BCUT2D eigenvalue weighted by molar-refractivity contribution is 6.35. The molecule has 0 bridgehead atoms. The summed E-state index contributed by atoms with van der Waals surface area (Å²) in [6, 6.07) is 36.8. The largest absolute Gasteiger partial charge is 0.497 e. The molecular weight excluding hydrogens is 364 g/mol. The van der Waals surface area contributed by atoms with E-state index in [9.17, 15) is 0 Å². The number of methoxy groups -OCH3 is 1. The number of ether oxygens (including phenoxy) is 1. The summed E-state index contributed by atoms with van der Waals surface area (Å²) < 4.78 is 5.39. The van der Waals surface area contributed by atoms with Crippen LogP contribution in [0.2, 0.25) is 0 Å². The Kier molecular flexibility index (Phi) is 3.75. The van der Waals surface area contributed by atoms with Crippen LogP contribution in [0.4, 0.5) is 0 Å². The third-order valence-corrected chi connectivity index (χ3v) is 6.12. The molecule has 0 atom stereocenters. The smallest absolute Gasteiger partial charge is 0.118 e. The van der Waals surface area contributed by atoms with Crippen molar-refractivity contribution in [3.63, 3.8) is 0 Å². The van der Waals surface area contributed by atoms with E-state index in [4.69, 9.17) is 4.74 Å². The molecule has 2 aliphatic rings. The van der Waals surface area contributed by atoms with E-state index in [0.717, 1.165) is 5.75 Å². The van der Waals surface area contributed by atoms with E-state index < -0.39 is 0 Å². The molecule has 0 spiro atoms. The van der Waals surface area contributed by atoms with Gasteiger partial charge < -0.3 is 4.74 Å². The summed E-state index contributed by atoms with van der Waals surface area (Å²) in [6.45, 7) is 0. The standard InChI is InChI=1S/C29H20O/c1-30-21-17-15-20(16-18-21)27-23-12-6-8-14-25(23)28-26(19-9-3-2-4-10-19)22-11-5-7-13-24(22)29(27)28/h2-18H,1H3. The zero-order valence-corrected chi connectivity index (χ0v) is 16.7. The number of allylic oxidation sites excluding steroid dienone is 2. The summed E-state index contributed by atoms with van der Waals surface area (Å²) in [5.74, 6) is 0.878. The molecule has 1 heteroatoms. The van der Waals surface area contributed by atoms with Crippen LogP contribution in [0.15, 0.2) is 103 Å². The molecule has 0 amide bonds. The van der Waals surface area contributed by atoms with Crippen molar-refractivity contribution >= 4 is 22.3 Å². The van der Waals surface area contributed by atoms with Gasteiger partial charge in [-0.2, -0.15) is 0 Å². The lowest BCUT2D eigenvalue weighted by Crippen LogP contribution is -1.92. The van der Waals surface area contributed by atoms with Crippen molar-refractivity contribution in [1.82, 2.24) is 0 Å². The fourth-order valence-electron chi connectivity index (χ4n) is 4.86. The Bertz CT molecular complexity index is 1340. The Morgan fingerprint density at radius 2 is 0.800 bits per heavy atom. The molecule has 0 saturated heterocycles. The van der Waals surface area contributed by atoms with Gasteiger partial charge in [0.05, 0.1) is 7.11 Å². The van der Waals surface area contributed by atoms with Gasteiger partial charge in [-0.05, 0) is 67.8 Å². The molecule has 2 aliphatic carbocycles. The van der Waals surface area contributed by atoms with Crippen molar-refractivity contribution in [1.29, 1.82) is 0 Å². The first-order chi connectivity index (χ1) is 14.9. The van der Waals surface area contributed by atoms with Gasteiger partial charge in [-0.3, -0.25) is 0 Å². The van der Waals surface area contributed by atoms with E-state index in [1.54, 1.807) is 7.11 Å². The third-order valence-electron chi connectivity index (χ3n) is 6.12. The Morgan fingerprint density at radius 3 is 1.27 bits per heavy atom. The van der Waals surface area contributed by atoms with Gasteiger partial charge in [0.15, 0.2) is 0 Å². The first-order valence-electron chi connectivity index (χ1n) is 10.2. The number of benzene rings is 4. The monoisotopic (exact) mass is 384 g/mol. The fraction of sp³-hybridized carbons (Fsp3) is 0.0345. The first kappa shape index (κ1) is 17.1. The van der Waals surface area contributed by atoms with Gasteiger partial charge in [-0.1, -0.05) is 91.0 Å². The third kappa shape index (κ3) is 2.36. The molecule has 0 N–H and O–H groups in total. The van der Waals surface area contributed by atoms with Crippen molar-refractivity contribution in [3.8, 4) is 5.75 Å². The topological polar surface area (TPSA) is 9.23 Å². The summed E-state index contributed by atoms with van der Waals surface area (Å²) in [4.78, 5) is 0. The average molecular weight is 384 g/mol. The molecule has 4 aromatic carbocycles. The number of hydrogen-bond donors (Lipinski definition) is 0. The van der Waals surface area contributed by atoms with Crippen molar-refractivity contribution in [2.45, 2.75) is 0 Å². The Balaban J connectivity index is 1.73. The van der Waals surface area contributed by atoms with E-state index in [1.807, 2.05) is 12.1 Å². The Morgan fingerprint density at radius 1 is 0.400 bits per heavy atom. The van der Waals surface area contributed by atoms with Gasteiger partial charge in [-0.15, -0.1) is 0 Å². The lowest BCUT2D eigenvalue weighted by Gasteiger charge is -2.12. The van der Waals surface area contributed by atoms with Gasteiger partial charge in [-0.25, -0.2) is 0 Å². The Hall–Kier alpha value is -3.84. The first-order valence-corrected chi connectivity index (χ1v) is 10.2. The molecule has 30 heavy (non-hydrogen) atoms. The van der Waals surface area contributed by atoms with Crippen LogP contribution in [0, 0.1) is 0 Å². The highest BCUT2D eigenvalue weighted by Crippen LogP contribution is 2.58. The predicted octanol–water partition coefficient (Wildman–Crippen LogP) is 6.94. The highest BCUT2D eigenvalue weighted by Gasteiger charge is 2.36. The minimum Gasteiger partial charge on any atom is -0.497 e. The van der Waals surface area contributed by atoms with Crippen LogP contribution < -0.4 is 4.74 Å². The number of rotatable bonds is 3. The SMILES string of the molecule is COc1ccc(C2=C3C(=C(c4ccccc4)c4ccccc43)c3ccccc32)cc1. The van der Waals surface area contributed by atoms with Crippen LogP contribution in [-0.4, -0.2) is 7.11 Å². The second-order valence-electron chi connectivity index (χ2n) is 7.69. The van der Waals surface area contributed by atoms with Gasteiger partial charge in [0.2, 0.25) is 0 Å². The molecule has 0 aliphatic heterocycles. The molecule has 0 radical (unpaired) electrons. The maximum absolute atomic E-state index is 5.39. The summed E-state index contributed by atoms with van der Waals surface area (Å²) in [7, 11) is 1.71. The maximum Gasteiger partial charge on any atom is 0.118 e. The van der Waals surface area contributed by atoms with Crippen molar-refractivity contribution in [3.05, 3.63) is 137 Å². The zero-order chi connectivity index (χ0) is 20.1. The molecule has 0 aromatic heterocycles. The maximum atomic E-state index is 5.39. The highest BCUT2D eigenvalue weighted by atomic mass is 16.5. The minimum atomic E-state index is 0.878. The molecule has 1 nitrogen and oxygen atoms in total. The second kappa shape index (κ2) is 6.60. The molecule has 0 fully saturated rings. The van der Waals surface area contributed by atoms with Crippen LogP contribution in [0.1, 0.15) is 33.4 Å². The van der Waals surface area contributed by atoms with Crippen molar-refractivity contribution in [2.24, 2.45) is 0 Å².